The highest BCUT2D eigenvalue weighted by atomic mass is 32.1. The van der Waals surface area contributed by atoms with Crippen LogP contribution in [0.4, 0.5) is 5.69 Å². The molecule has 37 heavy (non-hydrogen) atoms. The summed E-state index contributed by atoms with van der Waals surface area (Å²) in [6.07, 6.45) is 8.02. The Morgan fingerprint density at radius 1 is 0.568 bits per heavy atom. The maximum Gasteiger partial charge on any atom is 0.0642 e. The average molecular weight is 538 g/mol. The van der Waals surface area contributed by atoms with E-state index >= 15 is 0 Å². The lowest BCUT2D eigenvalue weighted by atomic mass is 10.1. The zero-order valence-corrected chi connectivity index (χ0v) is 23.9. The van der Waals surface area contributed by atoms with Crippen molar-refractivity contribution < 1.29 is 0 Å². The van der Waals surface area contributed by atoms with Crippen molar-refractivity contribution in [1.82, 2.24) is 0 Å². The minimum Gasteiger partial charge on any atom is -0.385 e. The number of rotatable bonds is 8. The van der Waals surface area contributed by atoms with Gasteiger partial charge in [0, 0.05) is 32.4 Å². The highest BCUT2D eigenvalue weighted by Crippen LogP contribution is 2.51. The Hall–Kier alpha value is -2.66. The Balaban J connectivity index is 1.23. The number of aryl methyl sites for hydroxylation is 1. The molecular formula is C33H31NS3. The Labute approximate surface area is 229 Å². The van der Waals surface area contributed by atoms with Gasteiger partial charge in [-0.1, -0.05) is 68.9 Å². The van der Waals surface area contributed by atoms with Gasteiger partial charge in [-0.3, -0.25) is 0 Å². The quantitative estimate of drug-likeness (QED) is 0.190. The second-order valence-electron chi connectivity index (χ2n) is 10.4. The molecule has 0 radical (unpaired) electrons. The van der Waals surface area contributed by atoms with Crippen LogP contribution in [0.15, 0.2) is 60.7 Å². The third-order valence-electron chi connectivity index (χ3n) is 7.63. The molecule has 3 aromatic heterocycles. The van der Waals surface area contributed by atoms with E-state index in [2.05, 4.69) is 79.8 Å². The maximum atomic E-state index is 3.66. The second kappa shape index (κ2) is 9.58. The van der Waals surface area contributed by atoms with Gasteiger partial charge in [0.05, 0.1) is 18.8 Å². The van der Waals surface area contributed by atoms with Crippen LogP contribution in [0.1, 0.15) is 51.0 Å². The zero-order chi connectivity index (χ0) is 24.9. The number of hydrogen-bond acceptors (Lipinski definition) is 4. The molecule has 4 aromatic carbocycles. The molecule has 0 fully saturated rings. The maximum absolute atomic E-state index is 3.66. The molecule has 0 saturated carbocycles. The predicted octanol–water partition coefficient (Wildman–Crippen LogP) is 11.9. The fourth-order valence-electron chi connectivity index (χ4n) is 5.61. The largest absolute Gasteiger partial charge is 0.385 e. The van der Waals surface area contributed by atoms with Gasteiger partial charge in [0.1, 0.15) is 0 Å². The standard InChI is InChI=1S/C33H31NS3/c1-3-4-5-6-7-8-13-34-25-12-11-22-17-27-29(19-24(22)15-25)36-33-31(27)37-30-26-16-21-10-9-20(2)14-23(21)18-28(26)35-32(30)33/h9-12,14-19,34H,3-8,13H2,1-2H3. The van der Waals surface area contributed by atoms with E-state index in [1.54, 1.807) is 0 Å². The van der Waals surface area contributed by atoms with E-state index in [1.807, 2.05) is 34.0 Å². The van der Waals surface area contributed by atoms with Gasteiger partial charge in [-0.25, -0.2) is 0 Å². The number of anilines is 1. The second-order valence-corrected chi connectivity index (χ2v) is 13.6. The molecule has 0 unspecified atom stereocenters. The fraction of sp³-hybridized carbons (Fsp3) is 0.273. The summed E-state index contributed by atoms with van der Waals surface area (Å²) >= 11 is 5.93. The molecule has 0 aliphatic carbocycles. The van der Waals surface area contributed by atoms with Crippen molar-refractivity contribution in [3.05, 3.63) is 66.2 Å². The van der Waals surface area contributed by atoms with Gasteiger partial charge >= 0.3 is 0 Å². The van der Waals surface area contributed by atoms with Crippen LogP contribution in [0.3, 0.4) is 0 Å². The molecule has 0 aliphatic rings. The number of unbranched alkanes of at least 4 members (excludes halogenated alkanes) is 5. The number of thiophene rings is 3. The summed E-state index contributed by atoms with van der Waals surface area (Å²) in [5.74, 6) is 0. The molecule has 7 aromatic rings. The van der Waals surface area contributed by atoms with Crippen LogP contribution in [0.5, 0.6) is 0 Å². The topological polar surface area (TPSA) is 12.0 Å². The third kappa shape index (κ3) is 4.20. The summed E-state index contributed by atoms with van der Waals surface area (Å²) in [5, 5.41) is 11.8. The van der Waals surface area contributed by atoms with Crippen LogP contribution in [0.25, 0.3) is 60.5 Å². The van der Waals surface area contributed by atoms with Crippen molar-refractivity contribution in [2.75, 3.05) is 11.9 Å². The van der Waals surface area contributed by atoms with Crippen LogP contribution >= 0.6 is 34.0 Å². The van der Waals surface area contributed by atoms with Crippen LogP contribution < -0.4 is 5.32 Å². The summed E-state index contributed by atoms with van der Waals surface area (Å²) in [6, 6.07) is 23.3. The van der Waals surface area contributed by atoms with E-state index in [0.29, 0.717) is 0 Å². The molecule has 7 rings (SSSR count). The predicted molar refractivity (Wildman–Crippen MR) is 172 cm³/mol. The molecule has 4 heteroatoms. The van der Waals surface area contributed by atoms with Gasteiger partial charge in [0.2, 0.25) is 0 Å². The first-order valence-corrected chi connectivity index (χ1v) is 16.0. The normalized spacial score (nSPS) is 12.3. The molecule has 3 heterocycles. The lowest BCUT2D eigenvalue weighted by Crippen LogP contribution is -2.01. The van der Waals surface area contributed by atoms with Gasteiger partial charge in [0.15, 0.2) is 0 Å². The van der Waals surface area contributed by atoms with Crippen molar-refractivity contribution >= 4 is 100 Å². The molecule has 0 saturated heterocycles. The molecule has 0 atom stereocenters. The lowest BCUT2D eigenvalue weighted by molar-refractivity contribution is 0.617. The highest BCUT2D eigenvalue weighted by molar-refractivity contribution is 7.43. The number of benzene rings is 4. The van der Waals surface area contributed by atoms with Gasteiger partial charge in [-0.05, 0) is 71.3 Å². The Morgan fingerprint density at radius 2 is 1.19 bits per heavy atom. The van der Waals surface area contributed by atoms with Crippen LogP contribution in [-0.4, -0.2) is 6.54 Å². The van der Waals surface area contributed by atoms with Crippen molar-refractivity contribution in [2.45, 2.75) is 52.4 Å². The van der Waals surface area contributed by atoms with Gasteiger partial charge in [0.25, 0.3) is 0 Å². The number of fused-ring (bicyclic) bond motifs is 9. The summed E-state index contributed by atoms with van der Waals surface area (Å²) in [6.45, 7) is 5.52. The van der Waals surface area contributed by atoms with E-state index in [9.17, 15) is 0 Å². The van der Waals surface area contributed by atoms with Crippen LogP contribution in [0.2, 0.25) is 0 Å². The van der Waals surface area contributed by atoms with Gasteiger partial charge in [-0.2, -0.15) is 0 Å². The van der Waals surface area contributed by atoms with E-state index in [0.717, 1.165) is 6.54 Å². The van der Waals surface area contributed by atoms with Crippen LogP contribution in [-0.2, 0) is 0 Å². The summed E-state index contributed by atoms with van der Waals surface area (Å²) in [5.41, 5.74) is 2.57. The SMILES string of the molecule is CCCCCCCCNc1ccc2cc3c(cc2c1)sc1c3sc2c3cc4ccc(C)cc4cc3sc21. The lowest BCUT2D eigenvalue weighted by Gasteiger charge is -2.08. The number of hydrogen-bond donors (Lipinski definition) is 1. The highest BCUT2D eigenvalue weighted by Gasteiger charge is 2.17. The molecule has 186 valence electrons. The summed E-state index contributed by atoms with van der Waals surface area (Å²) in [7, 11) is 0. The summed E-state index contributed by atoms with van der Waals surface area (Å²) in [4.78, 5) is 0. The molecule has 0 spiro atoms. The first-order chi connectivity index (χ1) is 18.2. The summed E-state index contributed by atoms with van der Waals surface area (Å²) < 4.78 is 8.66. The number of nitrogens with one attached hydrogen (secondary N) is 1. The van der Waals surface area contributed by atoms with E-state index in [-0.39, 0.29) is 0 Å². The third-order valence-corrected chi connectivity index (χ3v) is 11.6. The van der Waals surface area contributed by atoms with Crippen molar-refractivity contribution in [1.29, 1.82) is 0 Å². The molecule has 0 amide bonds. The molecule has 0 aliphatic heterocycles. The molecule has 0 bridgehead atoms. The first-order valence-electron chi connectivity index (χ1n) is 13.6. The monoisotopic (exact) mass is 537 g/mol. The Bertz CT molecular complexity index is 1920. The van der Waals surface area contributed by atoms with Gasteiger partial charge < -0.3 is 5.32 Å². The minimum absolute atomic E-state index is 1.06. The Kier molecular flexibility index (Phi) is 6.07. The minimum atomic E-state index is 1.06. The fourth-order valence-corrected chi connectivity index (χ4v) is 9.91. The Morgan fingerprint density at radius 3 is 1.89 bits per heavy atom. The van der Waals surface area contributed by atoms with E-state index in [1.165, 1.54) is 110 Å². The molecule has 1 N–H and O–H groups in total. The van der Waals surface area contributed by atoms with E-state index < -0.39 is 0 Å². The smallest absolute Gasteiger partial charge is 0.0642 e. The molecular weight excluding hydrogens is 507 g/mol. The van der Waals surface area contributed by atoms with Crippen LogP contribution in [0, 0.1) is 6.92 Å². The zero-order valence-electron chi connectivity index (χ0n) is 21.4. The first kappa shape index (κ1) is 23.5. The average Bonchev–Trinajstić information content (AvgIpc) is 3.53. The molecule has 1 nitrogen and oxygen atoms in total. The van der Waals surface area contributed by atoms with E-state index in [4.69, 9.17) is 0 Å². The van der Waals surface area contributed by atoms with Crippen molar-refractivity contribution in [3.63, 3.8) is 0 Å². The van der Waals surface area contributed by atoms with Crippen molar-refractivity contribution in [3.8, 4) is 0 Å². The van der Waals surface area contributed by atoms with Gasteiger partial charge in [-0.15, -0.1) is 34.0 Å². The van der Waals surface area contributed by atoms with Crippen molar-refractivity contribution in [2.24, 2.45) is 0 Å².